The minimum atomic E-state index is -0.228. The molecule has 4 aromatic carbocycles. The van der Waals surface area contributed by atoms with E-state index in [0.717, 1.165) is 75.7 Å². The fourth-order valence-electron chi connectivity index (χ4n) is 10.5. The van der Waals surface area contributed by atoms with Crippen LogP contribution in [0.4, 0.5) is 0 Å². The zero-order chi connectivity index (χ0) is 46.4. The molecule has 2 saturated carbocycles. The van der Waals surface area contributed by atoms with Crippen molar-refractivity contribution in [3.05, 3.63) is 144 Å². The summed E-state index contributed by atoms with van der Waals surface area (Å²) in [5, 5.41) is 17.3. The quantitative estimate of drug-likeness (QED) is 0.150. The van der Waals surface area contributed by atoms with E-state index in [1.165, 1.54) is 31.2 Å². The van der Waals surface area contributed by atoms with Gasteiger partial charge in [0.05, 0.1) is 28.6 Å². The van der Waals surface area contributed by atoms with Crippen molar-refractivity contribution in [3.63, 3.8) is 0 Å². The molecule has 6 aromatic rings. The first-order valence-corrected chi connectivity index (χ1v) is 24.0. The molecular formula is C54H65Cl4N7O2. The highest BCUT2D eigenvalue weighted by Crippen LogP contribution is 2.62. The minimum absolute atomic E-state index is 0. The molecule has 2 amide bonds. The fourth-order valence-corrected chi connectivity index (χ4v) is 11.2. The second-order valence-electron chi connectivity index (χ2n) is 19.1. The lowest BCUT2D eigenvalue weighted by molar-refractivity contribution is 0.0730. The molecule has 1 aliphatic heterocycles. The molecular weight excluding hydrogens is 920 g/mol. The summed E-state index contributed by atoms with van der Waals surface area (Å²) in [5.74, 6) is 0.378. The summed E-state index contributed by atoms with van der Waals surface area (Å²) in [5.41, 5.74) is 13.5. The molecule has 2 aromatic heterocycles. The molecule has 9 nitrogen and oxygen atoms in total. The van der Waals surface area contributed by atoms with E-state index in [2.05, 4.69) is 73.9 Å². The number of rotatable bonds is 9. The van der Waals surface area contributed by atoms with E-state index in [-0.39, 0.29) is 43.5 Å². The Balaban J connectivity index is 0.000000217. The first-order chi connectivity index (χ1) is 30.9. The van der Waals surface area contributed by atoms with Crippen molar-refractivity contribution in [1.29, 1.82) is 0 Å². The van der Waals surface area contributed by atoms with Gasteiger partial charge in [-0.05, 0) is 130 Å². The lowest BCUT2D eigenvalue weighted by Gasteiger charge is -2.43. The topological polar surface area (TPSA) is 97.1 Å². The highest BCUT2D eigenvalue weighted by Gasteiger charge is 2.59. The third-order valence-electron chi connectivity index (χ3n) is 14.0. The number of nitrogens with one attached hydrogen (secondary N) is 2. The van der Waals surface area contributed by atoms with Gasteiger partial charge in [-0.15, -0.1) is 0 Å². The smallest absolute Gasteiger partial charge is 0.286 e. The van der Waals surface area contributed by atoms with Crippen molar-refractivity contribution in [2.24, 2.45) is 16.7 Å². The monoisotopic (exact) mass is 983 g/mol. The lowest BCUT2D eigenvalue weighted by atomic mass is 9.68. The maximum Gasteiger partial charge on any atom is 0.286 e. The van der Waals surface area contributed by atoms with Crippen LogP contribution in [-0.4, -0.2) is 55.5 Å². The Hall–Kier alpha value is -4.64. The summed E-state index contributed by atoms with van der Waals surface area (Å²) in [6.45, 7) is 17.3. The van der Waals surface area contributed by atoms with Gasteiger partial charge in [0.1, 0.15) is 0 Å². The predicted molar refractivity (Wildman–Crippen MR) is 278 cm³/mol. The SMILES string of the molecule is C.C.Cc1c(C(=O)NN2CCCCC2)nn(-c2ccc(Cl)cc2Cl)c1-c1ccc(Cl)cc1.Cc1ccc(Cn2nc(C(=O)NC3C4(C)CCC(C4)C3(C)C)c(C)c2-c2ccc(Cl)c(C)c2)cc1. The third kappa shape index (κ3) is 10.7. The average Bonchev–Trinajstić information content (AvgIpc) is 3.99. The Kier molecular flexibility index (Phi) is 16.2. The number of nitrogens with zero attached hydrogens (tertiary/aromatic N) is 5. The van der Waals surface area contributed by atoms with Gasteiger partial charge in [-0.2, -0.15) is 10.2 Å². The molecule has 3 aliphatic rings. The zero-order valence-corrected chi connectivity index (χ0v) is 41.2. The number of piperidine rings is 1. The van der Waals surface area contributed by atoms with E-state index >= 15 is 0 Å². The van der Waals surface area contributed by atoms with Crippen LogP contribution in [0.3, 0.4) is 0 Å². The van der Waals surface area contributed by atoms with Crippen LogP contribution in [0.1, 0.15) is 123 Å². The molecule has 3 heterocycles. The summed E-state index contributed by atoms with van der Waals surface area (Å²) in [4.78, 5) is 26.8. The van der Waals surface area contributed by atoms with Crippen molar-refractivity contribution in [2.75, 3.05) is 13.1 Å². The number of benzene rings is 4. The maximum atomic E-state index is 13.7. The second-order valence-corrected chi connectivity index (χ2v) is 20.8. The summed E-state index contributed by atoms with van der Waals surface area (Å²) < 4.78 is 3.67. The van der Waals surface area contributed by atoms with Gasteiger partial charge in [0.2, 0.25) is 0 Å². The van der Waals surface area contributed by atoms with Crippen LogP contribution in [-0.2, 0) is 6.54 Å². The average molecular weight is 986 g/mol. The van der Waals surface area contributed by atoms with E-state index in [4.69, 9.17) is 51.5 Å². The molecule has 356 valence electrons. The van der Waals surface area contributed by atoms with Crippen molar-refractivity contribution in [3.8, 4) is 28.2 Å². The van der Waals surface area contributed by atoms with E-state index in [9.17, 15) is 9.59 Å². The molecule has 0 radical (unpaired) electrons. The van der Waals surface area contributed by atoms with Gasteiger partial charge in [0.15, 0.2) is 11.4 Å². The molecule has 3 unspecified atom stereocenters. The number of hydrogen-bond acceptors (Lipinski definition) is 5. The molecule has 3 atom stereocenters. The van der Waals surface area contributed by atoms with E-state index in [0.29, 0.717) is 44.6 Å². The first kappa shape index (κ1) is 51.7. The minimum Gasteiger partial charge on any atom is -0.347 e. The van der Waals surface area contributed by atoms with Crippen LogP contribution in [0, 0.1) is 44.4 Å². The molecule has 67 heavy (non-hydrogen) atoms. The maximum absolute atomic E-state index is 13.7. The van der Waals surface area contributed by atoms with Crippen molar-refractivity contribution >= 4 is 58.2 Å². The standard InChI is InChI=1S/C30H36ClN3O.C22H21Cl3N4O.2CH4/c1-18-7-9-21(10-8-18)17-34-26(22-11-12-24(31)19(2)15-22)20(3)25(33-34)27(35)32-28-29(4,5)23-13-14-30(28,6)16-23;1-14-20(22(30)27-28-11-3-2-4-12-28)26-29(19-10-9-17(24)13-18(19)25)21(14)15-5-7-16(23)8-6-15;;/h7-12,15,23,28H,13-14,16-17H2,1-6H3,(H,32,35);5-10,13H,2-4,11-12H2,1H3,(H,27,30);2*1H4. The molecule has 13 heteroatoms. The van der Waals surface area contributed by atoms with Crippen LogP contribution in [0.15, 0.2) is 84.9 Å². The molecule has 2 aliphatic carbocycles. The fraction of sp³-hybridized carbons (Fsp3) is 0.407. The van der Waals surface area contributed by atoms with Gasteiger partial charge in [-0.25, -0.2) is 9.69 Å². The Bertz CT molecular complexity index is 2730. The Morgan fingerprint density at radius 2 is 1.33 bits per heavy atom. The number of fused-ring (bicyclic) bond motifs is 2. The molecule has 3 fully saturated rings. The van der Waals surface area contributed by atoms with Crippen LogP contribution >= 0.6 is 46.4 Å². The van der Waals surface area contributed by atoms with Gasteiger partial charge in [-0.3, -0.25) is 19.7 Å². The van der Waals surface area contributed by atoms with E-state index < -0.39 is 0 Å². The Morgan fingerprint density at radius 1 is 0.701 bits per heavy atom. The van der Waals surface area contributed by atoms with Crippen molar-refractivity contribution in [1.82, 2.24) is 35.3 Å². The van der Waals surface area contributed by atoms with Crippen LogP contribution < -0.4 is 10.7 Å². The first-order valence-electron chi connectivity index (χ1n) is 22.5. The number of hydrogen-bond donors (Lipinski definition) is 2. The highest BCUT2D eigenvalue weighted by atomic mass is 35.5. The number of amides is 2. The molecule has 1 saturated heterocycles. The number of aryl methyl sites for hydroxylation is 2. The summed E-state index contributed by atoms with van der Waals surface area (Å²) >= 11 is 24.9. The van der Waals surface area contributed by atoms with Gasteiger partial charge in [0, 0.05) is 56.5 Å². The number of hydrazine groups is 1. The molecule has 2 N–H and O–H groups in total. The highest BCUT2D eigenvalue weighted by molar-refractivity contribution is 6.35. The number of aromatic nitrogens is 4. The van der Waals surface area contributed by atoms with Crippen LogP contribution in [0.2, 0.25) is 20.1 Å². The summed E-state index contributed by atoms with van der Waals surface area (Å²) in [6, 6.07) is 27.3. The number of carbonyl (C=O) groups is 2. The van der Waals surface area contributed by atoms with Gasteiger partial charge in [0.25, 0.3) is 11.8 Å². The third-order valence-corrected chi connectivity index (χ3v) is 15.3. The van der Waals surface area contributed by atoms with Crippen LogP contribution in [0.25, 0.3) is 28.2 Å². The molecule has 2 bridgehead atoms. The van der Waals surface area contributed by atoms with Gasteiger partial charge in [-0.1, -0.05) is 136 Å². The van der Waals surface area contributed by atoms with Crippen molar-refractivity contribution in [2.45, 2.75) is 114 Å². The molecule has 9 rings (SSSR count). The van der Waals surface area contributed by atoms with E-state index in [1.807, 2.05) is 66.9 Å². The summed E-state index contributed by atoms with van der Waals surface area (Å²) in [6.07, 6.45) is 6.98. The largest absolute Gasteiger partial charge is 0.347 e. The lowest BCUT2D eigenvalue weighted by Crippen LogP contribution is -2.52. The van der Waals surface area contributed by atoms with Gasteiger partial charge >= 0.3 is 0 Å². The number of carbonyl (C=O) groups excluding carboxylic acids is 2. The van der Waals surface area contributed by atoms with E-state index in [1.54, 1.807) is 22.9 Å². The summed E-state index contributed by atoms with van der Waals surface area (Å²) in [7, 11) is 0. The second kappa shape index (κ2) is 20.9. The normalized spacial score (nSPS) is 19.4. The Labute approximate surface area is 417 Å². The van der Waals surface area contributed by atoms with Crippen molar-refractivity contribution < 1.29 is 9.59 Å². The predicted octanol–water partition coefficient (Wildman–Crippen LogP) is 14.3. The van der Waals surface area contributed by atoms with Gasteiger partial charge < -0.3 is 5.32 Å². The Morgan fingerprint density at radius 3 is 1.96 bits per heavy atom. The number of halogens is 4. The van der Waals surface area contributed by atoms with Crippen LogP contribution in [0.5, 0.6) is 0 Å². The zero-order valence-electron chi connectivity index (χ0n) is 38.2. The molecule has 0 spiro atoms.